The number of nitrogens with one attached hydrogen (secondary N) is 2. The Bertz CT molecular complexity index is 458. The first kappa shape index (κ1) is 12.3. The van der Waals surface area contributed by atoms with E-state index >= 15 is 0 Å². The predicted molar refractivity (Wildman–Crippen MR) is 64.7 cm³/mol. The van der Waals surface area contributed by atoms with Crippen LogP contribution >= 0.6 is 0 Å². The van der Waals surface area contributed by atoms with Gasteiger partial charge in [-0.2, -0.15) is 0 Å². The Labute approximate surface area is 104 Å². The molecule has 0 spiro atoms. The number of nitrogens with two attached hydrogens (primary N) is 1. The van der Waals surface area contributed by atoms with Gasteiger partial charge in [0.05, 0.1) is 0 Å². The molecule has 0 saturated carbocycles. The number of amides is 2. The Morgan fingerprint density at radius 2 is 2.33 bits per heavy atom. The van der Waals surface area contributed by atoms with Gasteiger partial charge in [-0.15, -0.1) is 0 Å². The van der Waals surface area contributed by atoms with Crippen molar-refractivity contribution in [3.63, 3.8) is 0 Å². The van der Waals surface area contributed by atoms with Crippen LogP contribution in [0.1, 0.15) is 29.0 Å². The highest BCUT2D eigenvalue weighted by molar-refractivity contribution is 5.93. The Morgan fingerprint density at radius 1 is 1.56 bits per heavy atom. The van der Waals surface area contributed by atoms with E-state index in [0.29, 0.717) is 25.1 Å². The fraction of sp³-hybridized carbons (Fsp3) is 0.455. The monoisotopic (exact) mass is 249 g/mol. The van der Waals surface area contributed by atoms with E-state index in [2.05, 4.69) is 20.6 Å². The Balaban J connectivity index is 2.01. The van der Waals surface area contributed by atoms with Gasteiger partial charge in [-0.25, -0.2) is 9.97 Å². The van der Waals surface area contributed by atoms with E-state index in [4.69, 9.17) is 5.73 Å². The van der Waals surface area contributed by atoms with Crippen LogP contribution in [-0.4, -0.2) is 34.4 Å². The zero-order valence-electron chi connectivity index (χ0n) is 10.1. The molecule has 0 bridgehead atoms. The molecule has 7 heteroatoms. The van der Waals surface area contributed by atoms with Crippen LogP contribution in [0.25, 0.3) is 0 Å². The van der Waals surface area contributed by atoms with Crippen LogP contribution in [0.3, 0.4) is 0 Å². The van der Waals surface area contributed by atoms with Crippen molar-refractivity contribution in [2.45, 2.75) is 25.8 Å². The van der Waals surface area contributed by atoms with Gasteiger partial charge in [0.2, 0.25) is 11.9 Å². The van der Waals surface area contributed by atoms with Crippen LogP contribution in [0.4, 0.5) is 5.95 Å². The molecular formula is C11H15N5O2. The lowest BCUT2D eigenvalue weighted by atomic mass is 10.1. The first-order valence-electron chi connectivity index (χ1n) is 5.73. The summed E-state index contributed by atoms with van der Waals surface area (Å²) in [5, 5.41) is 5.51. The van der Waals surface area contributed by atoms with E-state index in [1.54, 1.807) is 13.0 Å². The van der Waals surface area contributed by atoms with E-state index in [9.17, 15) is 9.59 Å². The Morgan fingerprint density at radius 3 is 2.94 bits per heavy atom. The minimum absolute atomic E-state index is 0.0163. The Kier molecular flexibility index (Phi) is 3.40. The first-order valence-corrected chi connectivity index (χ1v) is 5.73. The second-order valence-corrected chi connectivity index (χ2v) is 4.27. The average Bonchev–Trinajstić information content (AvgIpc) is 2.31. The van der Waals surface area contributed by atoms with Crippen molar-refractivity contribution in [3.05, 3.63) is 17.5 Å². The highest BCUT2D eigenvalue weighted by Crippen LogP contribution is 2.06. The summed E-state index contributed by atoms with van der Waals surface area (Å²) in [6.07, 6.45) is 1.06. The minimum Gasteiger partial charge on any atom is -0.368 e. The molecule has 1 aromatic rings. The van der Waals surface area contributed by atoms with Crippen molar-refractivity contribution in [3.8, 4) is 0 Å². The summed E-state index contributed by atoms with van der Waals surface area (Å²) in [6, 6.07) is 1.51. The number of hydrogen-bond donors (Lipinski definition) is 3. The molecule has 96 valence electrons. The predicted octanol–water partition coefficient (Wildman–Crippen LogP) is -0.624. The SMILES string of the molecule is Cc1cc(C(=O)NC2CCC(=O)NC2)nc(N)n1. The minimum atomic E-state index is -0.298. The molecule has 1 aliphatic heterocycles. The molecule has 0 aliphatic carbocycles. The smallest absolute Gasteiger partial charge is 0.270 e. The van der Waals surface area contributed by atoms with Crippen LogP contribution in [0, 0.1) is 6.92 Å². The zero-order valence-corrected chi connectivity index (χ0v) is 10.1. The molecule has 18 heavy (non-hydrogen) atoms. The van der Waals surface area contributed by atoms with Gasteiger partial charge in [-0.3, -0.25) is 9.59 Å². The first-order chi connectivity index (χ1) is 8.54. The van der Waals surface area contributed by atoms with Gasteiger partial charge >= 0.3 is 0 Å². The van der Waals surface area contributed by atoms with Gasteiger partial charge in [0.25, 0.3) is 5.91 Å². The third-order valence-corrected chi connectivity index (χ3v) is 2.70. The van der Waals surface area contributed by atoms with Crippen LogP contribution in [0.5, 0.6) is 0 Å². The van der Waals surface area contributed by atoms with E-state index in [-0.39, 0.29) is 29.5 Å². The lowest BCUT2D eigenvalue weighted by Crippen LogP contribution is -2.47. The number of aryl methyl sites for hydroxylation is 1. The second kappa shape index (κ2) is 4.99. The van der Waals surface area contributed by atoms with Gasteiger partial charge in [0.15, 0.2) is 0 Å². The number of piperidine rings is 1. The molecule has 1 unspecified atom stereocenters. The molecule has 1 aliphatic rings. The standard InChI is InChI=1S/C11H15N5O2/c1-6-4-8(16-11(12)14-6)10(18)15-7-2-3-9(17)13-5-7/h4,7H,2-3,5H2,1H3,(H,13,17)(H,15,18)(H2,12,14,16). The molecule has 2 heterocycles. The number of carbonyl (C=O) groups excluding carboxylic acids is 2. The maximum absolute atomic E-state index is 11.9. The summed E-state index contributed by atoms with van der Waals surface area (Å²) >= 11 is 0. The van der Waals surface area contributed by atoms with Gasteiger partial charge in [-0.1, -0.05) is 0 Å². The molecular weight excluding hydrogens is 234 g/mol. The number of nitrogen functional groups attached to an aromatic ring is 1. The number of carbonyl (C=O) groups is 2. The van der Waals surface area contributed by atoms with Crippen LogP contribution < -0.4 is 16.4 Å². The van der Waals surface area contributed by atoms with Gasteiger partial charge in [0.1, 0.15) is 5.69 Å². The summed E-state index contributed by atoms with van der Waals surface area (Å²) < 4.78 is 0. The fourth-order valence-electron chi connectivity index (χ4n) is 1.82. The van der Waals surface area contributed by atoms with Crippen LogP contribution in [0.2, 0.25) is 0 Å². The van der Waals surface area contributed by atoms with Crippen molar-refractivity contribution in [1.82, 2.24) is 20.6 Å². The number of hydrogen-bond acceptors (Lipinski definition) is 5. The van der Waals surface area contributed by atoms with E-state index < -0.39 is 0 Å². The maximum Gasteiger partial charge on any atom is 0.270 e. The molecule has 1 aromatic heterocycles. The molecule has 0 radical (unpaired) electrons. The molecule has 4 N–H and O–H groups in total. The van der Waals surface area contributed by atoms with Crippen molar-refractivity contribution in [1.29, 1.82) is 0 Å². The number of anilines is 1. The summed E-state index contributed by atoms with van der Waals surface area (Å²) in [5.74, 6) is -0.201. The van der Waals surface area contributed by atoms with E-state index in [1.165, 1.54) is 0 Å². The van der Waals surface area contributed by atoms with Crippen LogP contribution in [0.15, 0.2) is 6.07 Å². The van der Waals surface area contributed by atoms with Gasteiger partial charge < -0.3 is 16.4 Å². The van der Waals surface area contributed by atoms with Crippen molar-refractivity contribution in [2.24, 2.45) is 0 Å². The fourth-order valence-corrected chi connectivity index (χ4v) is 1.82. The highest BCUT2D eigenvalue weighted by atomic mass is 16.2. The number of nitrogens with zero attached hydrogens (tertiary/aromatic N) is 2. The van der Waals surface area contributed by atoms with E-state index in [1.807, 2.05) is 0 Å². The molecule has 0 aromatic carbocycles. The lowest BCUT2D eigenvalue weighted by Gasteiger charge is -2.23. The van der Waals surface area contributed by atoms with E-state index in [0.717, 1.165) is 0 Å². The molecule has 7 nitrogen and oxygen atoms in total. The third-order valence-electron chi connectivity index (χ3n) is 2.70. The topological polar surface area (TPSA) is 110 Å². The maximum atomic E-state index is 11.9. The largest absolute Gasteiger partial charge is 0.368 e. The summed E-state index contributed by atoms with van der Waals surface area (Å²) in [5.41, 5.74) is 6.38. The molecule has 1 saturated heterocycles. The lowest BCUT2D eigenvalue weighted by molar-refractivity contribution is -0.122. The van der Waals surface area contributed by atoms with Crippen LogP contribution in [-0.2, 0) is 4.79 Å². The molecule has 2 rings (SSSR count). The summed E-state index contributed by atoms with van der Waals surface area (Å²) in [4.78, 5) is 30.7. The molecule has 2 amide bonds. The normalized spacial score (nSPS) is 19.2. The highest BCUT2D eigenvalue weighted by Gasteiger charge is 2.20. The van der Waals surface area contributed by atoms with Crippen molar-refractivity contribution >= 4 is 17.8 Å². The molecule has 1 fully saturated rings. The van der Waals surface area contributed by atoms with Crippen molar-refractivity contribution < 1.29 is 9.59 Å². The average molecular weight is 249 g/mol. The quantitative estimate of drug-likeness (QED) is 0.646. The molecule has 1 atom stereocenters. The number of aromatic nitrogens is 2. The number of rotatable bonds is 2. The van der Waals surface area contributed by atoms with Crippen molar-refractivity contribution in [2.75, 3.05) is 12.3 Å². The second-order valence-electron chi connectivity index (χ2n) is 4.27. The Hall–Kier alpha value is -2.18. The summed E-state index contributed by atoms with van der Waals surface area (Å²) in [6.45, 7) is 2.19. The van der Waals surface area contributed by atoms with Gasteiger partial charge in [-0.05, 0) is 19.4 Å². The summed E-state index contributed by atoms with van der Waals surface area (Å²) in [7, 11) is 0. The van der Waals surface area contributed by atoms with Gasteiger partial charge in [0, 0.05) is 24.7 Å². The zero-order chi connectivity index (χ0) is 13.1. The third kappa shape index (κ3) is 2.93.